The predicted molar refractivity (Wildman–Crippen MR) is 101 cm³/mol. The van der Waals surface area contributed by atoms with E-state index in [1.807, 2.05) is 22.8 Å². The van der Waals surface area contributed by atoms with Crippen LogP contribution in [-0.2, 0) is 0 Å². The van der Waals surface area contributed by atoms with Crippen molar-refractivity contribution in [2.45, 2.75) is 6.92 Å². The Morgan fingerprint density at radius 2 is 1.96 bits per heavy atom. The number of aromatic nitrogens is 1. The van der Waals surface area contributed by atoms with Gasteiger partial charge in [0.1, 0.15) is 11.8 Å². The number of nitrogens with zero attached hydrogens (tertiary/aromatic N) is 5. The van der Waals surface area contributed by atoms with Crippen LogP contribution in [0.25, 0.3) is 11.7 Å². The van der Waals surface area contributed by atoms with E-state index in [-0.39, 0.29) is 22.2 Å². The quantitative estimate of drug-likeness (QED) is 0.501. The molecule has 142 valence electrons. The third kappa shape index (κ3) is 3.16. The van der Waals surface area contributed by atoms with Gasteiger partial charge in [-0.05, 0) is 30.7 Å². The number of nitro groups is 1. The molecule has 0 bridgehead atoms. The highest BCUT2D eigenvalue weighted by Crippen LogP contribution is 2.32. The zero-order chi connectivity index (χ0) is 19.7. The number of oxazole rings is 1. The fourth-order valence-corrected chi connectivity index (χ4v) is 3.30. The van der Waals surface area contributed by atoms with Gasteiger partial charge in [0.25, 0.3) is 11.6 Å². The lowest BCUT2D eigenvalue weighted by Gasteiger charge is -2.35. The van der Waals surface area contributed by atoms with Gasteiger partial charge in [0, 0.05) is 32.2 Å². The monoisotopic (exact) mass is 379 g/mol. The Morgan fingerprint density at radius 3 is 2.61 bits per heavy atom. The van der Waals surface area contributed by atoms with E-state index in [2.05, 4.69) is 11.1 Å². The van der Waals surface area contributed by atoms with Gasteiger partial charge in [0.05, 0.1) is 11.2 Å². The molecule has 0 saturated carbocycles. The molecule has 1 aliphatic rings. The molecule has 1 aromatic carbocycles. The van der Waals surface area contributed by atoms with Crippen LogP contribution in [0, 0.1) is 28.4 Å². The van der Waals surface area contributed by atoms with Crippen molar-refractivity contribution in [1.29, 1.82) is 5.26 Å². The van der Waals surface area contributed by atoms with Crippen molar-refractivity contribution < 1.29 is 13.8 Å². The maximum Gasteiger partial charge on any atom is 0.292 e. The van der Waals surface area contributed by atoms with E-state index in [4.69, 9.17) is 8.83 Å². The number of anilines is 2. The normalized spacial score (nSPS) is 14.1. The molecule has 2 aromatic heterocycles. The zero-order valence-corrected chi connectivity index (χ0v) is 15.2. The third-order valence-corrected chi connectivity index (χ3v) is 4.68. The second kappa shape index (κ2) is 7.08. The molecular formula is C19H17N5O4. The summed E-state index contributed by atoms with van der Waals surface area (Å²) in [4.78, 5) is 19.2. The first-order valence-corrected chi connectivity index (χ1v) is 8.76. The first-order chi connectivity index (χ1) is 13.6. The highest BCUT2D eigenvalue weighted by Gasteiger charge is 2.28. The van der Waals surface area contributed by atoms with Gasteiger partial charge in [0.15, 0.2) is 5.76 Å². The lowest BCUT2D eigenvalue weighted by atomic mass is 10.1. The molecule has 0 N–H and O–H groups in total. The molecule has 9 nitrogen and oxygen atoms in total. The number of hydrogen-bond donors (Lipinski definition) is 0. The maximum absolute atomic E-state index is 11.4. The van der Waals surface area contributed by atoms with E-state index in [0.717, 1.165) is 5.56 Å². The lowest BCUT2D eigenvalue weighted by molar-refractivity contribution is -0.384. The number of nitro benzene ring substituents is 1. The summed E-state index contributed by atoms with van der Waals surface area (Å²) in [5.74, 6) is 1.11. The molecule has 1 aliphatic heterocycles. The van der Waals surface area contributed by atoms with E-state index >= 15 is 0 Å². The van der Waals surface area contributed by atoms with Crippen LogP contribution in [0.5, 0.6) is 0 Å². The van der Waals surface area contributed by atoms with Crippen LogP contribution in [0.1, 0.15) is 11.3 Å². The van der Waals surface area contributed by atoms with Crippen LogP contribution < -0.4 is 9.80 Å². The second-order valence-corrected chi connectivity index (χ2v) is 6.49. The Balaban J connectivity index is 1.54. The molecule has 9 heteroatoms. The van der Waals surface area contributed by atoms with E-state index in [9.17, 15) is 15.4 Å². The molecule has 3 aromatic rings. The van der Waals surface area contributed by atoms with Gasteiger partial charge in [0.2, 0.25) is 11.6 Å². The van der Waals surface area contributed by atoms with Crippen molar-refractivity contribution in [3.63, 3.8) is 0 Å². The number of nitriles is 1. The topological polar surface area (TPSA) is 113 Å². The average Bonchev–Trinajstić information content (AvgIpc) is 3.37. The van der Waals surface area contributed by atoms with Crippen LogP contribution in [0.3, 0.4) is 0 Å². The minimum Gasteiger partial charge on any atom is -0.459 e. The summed E-state index contributed by atoms with van der Waals surface area (Å²) in [6.45, 7) is 4.05. The van der Waals surface area contributed by atoms with Crippen LogP contribution in [0.2, 0.25) is 0 Å². The van der Waals surface area contributed by atoms with Crippen LogP contribution in [-0.4, -0.2) is 36.1 Å². The van der Waals surface area contributed by atoms with E-state index in [0.29, 0.717) is 43.5 Å². The molecule has 4 rings (SSSR count). The first-order valence-electron chi connectivity index (χ1n) is 8.76. The Hall–Kier alpha value is -3.80. The number of rotatable bonds is 4. The van der Waals surface area contributed by atoms with Crippen molar-refractivity contribution in [3.8, 4) is 17.7 Å². The van der Waals surface area contributed by atoms with Crippen molar-refractivity contribution in [2.24, 2.45) is 0 Å². The summed E-state index contributed by atoms with van der Waals surface area (Å²) in [5.41, 5.74) is 1.75. The number of aryl methyl sites for hydroxylation is 1. The Bertz CT molecular complexity index is 1040. The molecule has 1 saturated heterocycles. The van der Waals surface area contributed by atoms with Crippen LogP contribution in [0.4, 0.5) is 17.3 Å². The van der Waals surface area contributed by atoms with Gasteiger partial charge in [-0.25, -0.2) is 0 Å². The summed E-state index contributed by atoms with van der Waals surface area (Å²) >= 11 is 0. The van der Waals surface area contributed by atoms with Crippen LogP contribution in [0.15, 0.2) is 45.4 Å². The smallest absolute Gasteiger partial charge is 0.292 e. The van der Waals surface area contributed by atoms with E-state index < -0.39 is 0 Å². The molecule has 0 amide bonds. The lowest BCUT2D eigenvalue weighted by Crippen LogP contribution is -2.46. The molecule has 3 heterocycles. The molecule has 0 radical (unpaired) electrons. The molecule has 1 fully saturated rings. The largest absolute Gasteiger partial charge is 0.459 e. The van der Waals surface area contributed by atoms with Gasteiger partial charge in [-0.15, -0.1) is 0 Å². The van der Waals surface area contributed by atoms with Crippen molar-refractivity contribution in [3.05, 3.63) is 58.0 Å². The van der Waals surface area contributed by atoms with Crippen LogP contribution >= 0.6 is 0 Å². The summed E-state index contributed by atoms with van der Waals surface area (Å²) < 4.78 is 11.1. The number of piperazine rings is 1. The van der Waals surface area contributed by atoms with Gasteiger partial charge in [-0.3, -0.25) is 10.1 Å². The van der Waals surface area contributed by atoms with Gasteiger partial charge < -0.3 is 18.6 Å². The summed E-state index contributed by atoms with van der Waals surface area (Å²) in [6, 6.07) is 10.7. The summed E-state index contributed by atoms with van der Waals surface area (Å²) in [5, 5.41) is 20.8. The first kappa shape index (κ1) is 17.6. The number of hydrogen-bond acceptors (Lipinski definition) is 8. The second-order valence-electron chi connectivity index (χ2n) is 6.49. The molecule has 0 aliphatic carbocycles. The van der Waals surface area contributed by atoms with Crippen molar-refractivity contribution in [1.82, 2.24) is 4.98 Å². The minimum atomic E-state index is -0.353. The molecule has 28 heavy (non-hydrogen) atoms. The van der Waals surface area contributed by atoms with E-state index in [1.165, 1.54) is 6.26 Å². The third-order valence-electron chi connectivity index (χ3n) is 4.68. The zero-order valence-electron chi connectivity index (χ0n) is 15.2. The fourth-order valence-electron chi connectivity index (χ4n) is 3.30. The number of furan rings is 1. The molecular weight excluding hydrogens is 362 g/mol. The number of benzene rings is 1. The van der Waals surface area contributed by atoms with E-state index in [1.54, 1.807) is 24.3 Å². The van der Waals surface area contributed by atoms with Gasteiger partial charge in [-0.1, -0.05) is 6.07 Å². The Morgan fingerprint density at radius 1 is 1.21 bits per heavy atom. The minimum absolute atomic E-state index is 0.103. The predicted octanol–water partition coefficient (Wildman–Crippen LogP) is 3.35. The average molecular weight is 379 g/mol. The molecule has 0 unspecified atom stereocenters. The summed E-state index contributed by atoms with van der Waals surface area (Å²) in [7, 11) is 0. The summed E-state index contributed by atoms with van der Waals surface area (Å²) in [6.07, 6.45) is 1.51. The fraction of sp³-hybridized carbons (Fsp3) is 0.263. The molecule has 0 atom stereocenters. The van der Waals surface area contributed by atoms with Crippen molar-refractivity contribution >= 4 is 17.3 Å². The highest BCUT2D eigenvalue weighted by molar-refractivity contribution is 5.65. The molecule has 0 spiro atoms. The standard InChI is InChI=1S/C19H17N5O4/c1-13-4-5-15(16(11-13)24(25)26)22-6-8-23(9-7-22)19-14(12-20)21-18(28-19)17-3-2-10-27-17/h2-5,10-11H,6-9H2,1H3. The highest BCUT2D eigenvalue weighted by atomic mass is 16.6. The van der Waals surface area contributed by atoms with Crippen molar-refractivity contribution in [2.75, 3.05) is 36.0 Å². The SMILES string of the molecule is Cc1ccc(N2CCN(c3oc(-c4ccco4)nc3C#N)CC2)c([N+](=O)[O-])c1. The van der Waals surface area contributed by atoms with Gasteiger partial charge >= 0.3 is 0 Å². The Labute approximate surface area is 160 Å². The Kier molecular flexibility index (Phi) is 4.45. The maximum atomic E-state index is 11.4. The van der Waals surface area contributed by atoms with Gasteiger partial charge in [-0.2, -0.15) is 10.2 Å².